The zero-order chi connectivity index (χ0) is 20.8. The first-order valence-corrected chi connectivity index (χ1v) is 9.79. The number of methoxy groups -OCH3 is 2. The van der Waals surface area contributed by atoms with Crippen molar-refractivity contribution in [2.24, 2.45) is 0 Å². The van der Waals surface area contributed by atoms with Crippen molar-refractivity contribution in [1.82, 2.24) is 0 Å². The predicted octanol–water partition coefficient (Wildman–Crippen LogP) is 4.22. The van der Waals surface area contributed by atoms with Crippen LogP contribution in [0.2, 0.25) is 0 Å². The molecule has 1 aliphatic rings. The highest BCUT2D eigenvalue weighted by Crippen LogP contribution is 2.46. The lowest BCUT2D eigenvalue weighted by Gasteiger charge is -2.19. The van der Waals surface area contributed by atoms with Crippen molar-refractivity contribution in [2.75, 3.05) is 27.4 Å². The Morgan fingerprint density at radius 3 is 2.45 bits per heavy atom. The first kappa shape index (κ1) is 20.7. The van der Waals surface area contributed by atoms with Crippen molar-refractivity contribution < 1.29 is 28.5 Å². The molecule has 0 saturated carbocycles. The summed E-state index contributed by atoms with van der Waals surface area (Å²) in [6, 6.07) is 9.44. The number of Topliss-reactive ketones (excluding diaryl/α,β-unsaturated/α-hetero) is 1. The number of ether oxygens (including phenoxy) is 4. The van der Waals surface area contributed by atoms with Crippen LogP contribution in [-0.4, -0.2) is 39.2 Å². The minimum absolute atomic E-state index is 0.143. The Hall–Kier alpha value is -3.02. The molecular formula is C23H26O6. The SMILES string of the molecule is CCCC(=O)OCCOc1c(-c2cccc3c2CCC3=O)ccc(OC)c1OC. The summed E-state index contributed by atoms with van der Waals surface area (Å²) >= 11 is 0. The van der Waals surface area contributed by atoms with E-state index in [9.17, 15) is 9.59 Å². The Bertz CT molecular complexity index is 902. The maximum absolute atomic E-state index is 12.2. The van der Waals surface area contributed by atoms with E-state index >= 15 is 0 Å². The monoisotopic (exact) mass is 398 g/mol. The van der Waals surface area contributed by atoms with Gasteiger partial charge in [-0.15, -0.1) is 0 Å². The fraction of sp³-hybridized carbons (Fsp3) is 0.391. The Labute approximate surface area is 170 Å². The number of carbonyl (C=O) groups excluding carboxylic acids is 2. The third-order valence-electron chi connectivity index (χ3n) is 4.92. The summed E-state index contributed by atoms with van der Waals surface area (Å²) in [6.07, 6.45) is 2.35. The van der Waals surface area contributed by atoms with Crippen LogP contribution in [0.1, 0.15) is 42.1 Å². The Balaban J connectivity index is 1.94. The highest BCUT2D eigenvalue weighted by molar-refractivity contribution is 6.02. The molecule has 0 fully saturated rings. The molecule has 0 spiro atoms. The van der Waals surface area contributed by atoms with Gasteiger partial charge in [-0.3, -0.25) is 9.59 Å². The van der Waals surface area contributed by atoms with Gasteiger partial charge in [0.1, 0.15) is 13.2 Å². The smallest absolute Gasteiger partial charge is 0.305 e. The molecule has 6 nitrogen and oxygen atoms in total. The molecule has 0 amide bonds. The van der Waals surface area contributed by atoms with E-state index in [-0.39, 0.29) is 25.0 Å². The minimum Gasteiger partial charge on any atom is -0.493 e. The predicted molar refractivity (Wildman–Crippen MR) is 109 cm³/mol. The Morgan fingerprint density at radius 2 is 1.72 bits per heavy atom. The van der Waals surface area contributed by atoms with Crippen LogP contribution < -0.4 is 14.2 Å². The fourth-order valence-corrected chi connectivity index (χ4v) is 3.57. The molecule has 0 saturated heterocycles. The molecule has 29 heavy (non-hydrogen) atoms. The zero-order valence-corrected chi connectivity index (χ0v) is 17.1. The topological polar surface area (TPSA) is 71.1 Å². The second-order valence-corrected chi connectivity index (χ2v) is 6.75. The fourth-order valence-electron chi connectivity index (χ4n) is 3.57. The molecular weight excluding hydrogens is 372 g/mol. The summed E-state index contributed by atoms with van der Waals surface area (Å²) in [5.41, 5.74) is 3.53. The third kappa shape index (κ3) is 4.36. The van der Waals surface area contributed by atoms with Gasteiger partial charge >= 0.3 is 5.97 Å². The van der Waals surface area contributed by atoms with Crippen LogP contribution in [-0.2, 0) is 16.0 Å². The van der Waals surface area contributed by atoms with Crippen LogP contribution in [0.3, 0.4) is 0 Å². The lowest BCUT2D eigenvalue weighted by molar-refractivity contribution is -0.144. The lowest BCUT2D eigenvalue weighted by Crippen LogP contribution is -2.12. The van der Waals surface area contributed by atoms with Gasteiger partial charge in [0.2, 0.25) is 5.75 Å². The van der Waals surface area contributed by atoms with Gasteiger partial charge in [0, 0.05) is 24.0 Å². The van der Waals surface area contributed by atoms with Gasteiger partial charge in [0.15, 0.2) is 17.3 Å². The van der Waals surface area contributed by atoms with Gasteiger partial charge in [-0.05, 0) is 36.1 Å². The summed E-state index contributed by atoms with van der Waals surface area (Å²) < 4.78 is 22.2. The van der Waals surface area contributed by atoms with E-state index in [0.717, 1.165) is 28.7 Å². The normalized spacial score (nSPS) is 12.4. The molecule has 0 heterocycles. The molecule has 0 radical (unpaired) electrons. The van der Waals surface area contributed by atoms with Gasteiger partial charge in [0.05, 0.1) is 14.2 Å². The number of esters is 1. The summed E-state index contributed by atoms with van der Waals surface area (Å²) in [7, 11) is 3.11. The Morgan fingerprint density at radius 1 is 0.931 bits per heavy atom. The van der Waals surface area contributed by atoms with E-state index in [2.05, 4.69) is 0 Å². The molecule has 1 aliphatic carbocycles. The van der Waals surface area contributed by atoms with Gasteiger partial charge in [-0.1, -0.05) is 25.1 Å². The largest absolute Gasteiger partial charge is 0.493 e. The summed E-state index contributed by atoms with van der Waals surface area (Å²) in [6.45, 7) is 2.25. The number of rotatable bonds is 9. The zero-order valence-electron chi connectivity index (χ0n) is 17.1. The van der Waals surface area contributed by atoms with Crippen LogP contribution >= 0.6 is 0 Å². The van der Waals surface area contributed by atoms with Crippen molar-refractivity contribution in [1.29, 1.82) is 0 Å². The van der Waals surface area contributed by atoms with E-state index < -0.39 is 0 Å². The van der Waals surface area contributed by atoms with Crippen LogP contribution in [0.25, 0.3) is 11.1 Å². The van der Waals surface area contributed by atoms with Crippen molar-refractivity contribution in [3.05, 3.63) is 41.5 Å². The van der Waals surface area contributed by atoms with Gasteiger partial charge in [-0.2, -0.15) is 0 Å². The first-order valence-electron chi connectivity index (χ1n) is 9.79. The number of ketones is 1. The number of benzene rings is 2. The molecule has 0 N–H and O–H groups in total. The molecule has 0 bridgehead atoms. The molecule has 3 rings (SSSR count). The molecule has 2 aromatic rings. The summed E-state index contributed by atoms with van der Waals surface area (Å²) in [5.74, 6) is 1.43. The van der Waals surface area contributed by atoms with Crippen molar-refractivity contribution in [3.63, 3.8) is 0 Å². The van der Waals surface area contributed by atoms with E-state index in [0.29, 0.717) is 36.5 Å². The second-order valence-electron chi connectivity index (χ2n) is 6.75. The first-order chi connectivity index (χ1) is 14.1. The van der Waals surface area contributed by atoms with Crippen molar-refractivity contribution >= 4 is 11.8 Å². The van der Waals surface area contributed by atoms with Crippen LogP contribution in [0.15, 0.2) is 30.3 Å². The van der Waals surface area contributed by atoms with Gasteiger partial charge in [-0.25, -0.2) is 0 Å². The number of hydrogen-bond acceptors (Lipinski definition) is 6. The standard InChI is InChI=1S/C23H26O6/c1-4-6-21(25)28-13-14-29-22-18(10-12-20(26-2)23(22)27-3)15-7-5-8-17-16(15)9-11-19(17)24/h5,7-8,10,12H,4,6,9,11,13-14H2,1-3H3. The molecule has 0 aliphatic heterocycles. The molecule has 2 aromatic carbocycles. The van der Waals surface area contributed by atoms with Crippen molar-refractivity contribution in [2.45, 2.75) is 32.6 Å². The van der Waals surface area contributed by atoms with Crippen LogP contribution in [0.5, 0.6) is 17.2 Å². The molecule has 0 unspecified atom stereocenters. The average Bonchev–Trinajstić information content (AvgIpc) is 3.12. The molecule has 6 heteroatoms. The number of fused-ring (bicyclic) bond motifs is 1. The average molecular weight is 398 g/mol. The molecule has 0 aromatic heterocycles. The van der Waals surface area contributed by atoms with E-state index in [1.807, 2.05) is 37.3 Å². The molecule has 0 atom stereocenters. The quantitative estimate of drug-likeness (QED) is 0.465. The van der Waals surface area contributed by atoms with E-state index in [4.69, 9.17) is 18.9 Å². The number of carbonyl (C=O) groups is 2. The van der Waals surface area contributed by atoms with Gasteiger partial charge < -0.3 is 18.9 Å². The maximum atomic E-state index is 12.2. The lowest BCUT2D eigenvalue weighted by atomic mass is 9.95. The van der Waals surface area contributed by atoms with Crippen LogP contribution in [0.4, 0.5) is 0 Å². The van der Waals surface area contributed by atoms with Crippen molar-refractivity contribution in [3.8, 4) is 28.4 Å². The van der Waals surface area contributed by atoms with E-state index in [1.54, 1.807) is 14.2 Å². The highest BCUT2D eigenvalue weighted by atomic mass is 16.6. The third-order valence-corrected chi connectivity index (χ3v) is 4.92. The second kappa shape index (κ2) is 9.45. The van der Waals surface area contributed by atoms with E-state index in [1.165, 1.54) is 0 Å². The summed E-state index contributed by atoms with van der Waals surface area (Å²) in [5, 5.41) is 0. The molecule has 154 valence electrons. The van der Waals surface area contributed by atoms with Crippen LogP contribution in [0, 0.1) is 0 Å². The summed E-state index contributed by atoms with van der Waals surface area (Å²) in [4.78, 5) is 23.7. The Kier molecular flexibility index (Phi) is 6.75. The highest BCUT2D eigenvalue weighted by Gasteiger charge is 2.25. The van der Waals surface area contributed by atoms with Gasteiger partial charge in [0.25, 0.3) is 0 Å². The minimum atomic E-state index is -0.242. The maximum Gasteiger partial charge on any atom is 0.305 e. The number of hydrogen-bond donors (Lipinski definition) is 0.